The number of aryl methyl sites for hydroxylation is 1. The molecule has 0 spiro atoms. The molecule has 2 rings (SSSR count). The van der Waals surface area contributed by atoms with E-state index in [-0.39, 0.29) is 11.9 Å². The first-order chi connectivity index (χ1) is 9.56. The largest absolute Gasteiger partial charge is 0.367 e. The standard InChI is InChI=1S/C14H18FN5/c1-9(7-11-3-5-12(15)6-4-11)17-13-8-14(20-16)19-10(2)18-13/h3-6,8-9H,7,16H2,1-2H3,(H2,17,18,19,20). The van der Waals surface area contributed by atoms with Crippen LogP contribution in [0.5, 0.6) is 0 Å². The van der Waals surface area contributed by atoms with Gasteiger partial charge in [-0.1, -0.05) is 12.1 Å². The zero-order chi connectivity index (χ0) is 14.5. The summed E-state index contributed by atoms with van der Waals surface area (Å²) in [6, 6.07) is 8.40. The summed E-state index contributed by atoms with van der Waals surface area (Å²) in [5.41, 5.74) is 3.57. The zero-order valence-corrected chi connectivity index (χ0v) is 11.5. The van der Waals surface area contributed by atoms with Gasteiger partial charge in [0.15, 0.2) is 0 Å². The van der Waals surface area contributed by atoms with Crippen molar-refractivity contribution in [3.05, 3.63) is 47.5 Å². The van der Waals surface area contributed by atoms with Gasteiger partial charge in [0, 0.05) is 12.1 Å². The average molecular weight is 275 g/mol. The van der Waals surface area contributed by atoms with Crippen molar-refractivity contribution in [3.8, 4) is 0 Å². The Morgan fingerprint density at radius 1 is 1.20 bits per heavy atom. The third kappa shape index (κ3) is 3.89. The van der Waals surface area contributed by atoms with Crippen molar-refractivity contribution in [1.29, 1.82) is 0 Å². The van der Waals surface area contributed by atoms with Gasteiger partial charge in [-0.15, -0.1) is 0 Å². The monoisotopic (exact) mass is 275 g/mol. The fourth-order valence-electron chi connectivity index (χ4n) is 1.99. The molecule has 6 heteroatoms. The number of anilines is 2. The van der Waals surface area contributed by atoms with Gasteiger partial charge in [-0.05, 0) is 38.0 Å². The van der Waals surface area contributed by atoms with Crippen LogP contribution in [0.1, 0.15) is 18.3 Å². The molecule has 0 aliphatic rings. The van der Waals surface area contributed by atoms with Crippen LogP contribution in [0.4, 0.5) is 16.0 Å². The summed E-state index contributed by atoms with van der Waals surface area (Å²) in [5, 5.41) is 3.28. The maximum absolute atomic E-state index is 12.8. The Morgan fingerprint density at radius 3 is 2.50 bits per heavy atom. The molecular formula is C14H18FN5. The van der Waals surface area contributed by atoms with E-state index in [1.165, 1.54) is 12.1 Å². The van der Waals surface area contributed by atoms with Crippen LogP contribution >= 0.6 is 0 Å². The first-order valence-corrected chi connectivity index (χ1v) is 6.40. The van der Waals surface area contributed by atoms with Crippen LogP contribution in [-0.2, 0) is 6.42 Å². The molecule has 1 heterocycles. The Hall–Kier alpha value is -2.21. The highest BCUT2D eigenvalue weighted by Gasteiger charge is 2.07. The topological polar surface area (TPSA) is 75.9 Å². The lowest BCUT2D eigenvalue weighted by Gasteiger charge is -2.15. The number of nitrogen functional groups attached to an aromatic ring is 1. The SMILES string of the molecule is Cc1nc(NN)cc(NC(C)Cc2ccc(F)cc2)n1. The molecule has 0 bridgehead atoms. The van der Waals surface area contributed by atoms with E-state index in [2.05, 4.69) is 20.7 Å². The summed E-state index contributed by atoms with van der Waals surface area (Å²) < 4.78 is 12.8. The predicted octanol–water partition coefficient (Wildman–Crippen LogP) is 2.25. The Labute approximate surface area is 117 Å². The van der Waals surface area contributed by atoms with Crippen LogP contribution in [0.2, 0.25) is 0 Å². The quantitative estimate of drug-likeness (QED) is 0.576. The Balaban J connectivity index is 2.02. The average Bonchev–Trinajstić information content (AvgIpc) is 2.40. The van der Waals surface area contributed by atoms with Crippen molar-refractivity contribution in [2.45, 2.75) is 26.3 Å². The molecule has 0 saturated heterocycles. The number of hydrazine groups is 1. The molecule has 20 heavy (non-hydrogen) atoms. The highest BCUT2D eigenvalue weighted by atomic mass is 19.1. The minimum atomic E-state index is -0.223. The summed E-state index contributed by atoms with van der Waals surface area (Å²) >= 11 is 0. The Kier molecular flexibility index (Phi) is 4.47. The highest BCUT2D eigenvalue weighted by molar-refractivity contribution is 5.47. The maximum Gasteiger partial charge on any atom is 0.145 e. The van der Waals surface area contributed by atoms with Crippen LogP contribution in [-0.4, -0.2) is 16.0 Å². The van der Waals surface area contributed by atoms with Gasteiger partial charge >= 0.3 is 0 Å². The minimum absolute atomic E-state index is 0.153. The summed E-state index contributed by atoms with van der Waals surface area (Å²) in [5.74, 6) is 7.04. The number of nitrogens with zero attached hydrogens (tertiary/aromatic N) is 2. The molecule has 0 amide bonds. The van der Waals surface area contributed by atoms with Crippen molar-refractivity contribution in [2.75, 3.05) is 10.7 Å². The van der Waals surface area contributed by atoms with Crippen LogP contribution in [0.15, 0.2) is 30.3 Å². The van der Waals surface area contributed by atoms with E-state index in [1.54, 1.807) is 25.1 Å². The zero-order valence-electron chi connectivity index (χ0n) is 11.5. The second-order valence-electron chi connectivity index (χ2n) is 4.71. The summed E-state index contributed by atoms with van der Waals surface area (Å²) in [6.45, 7) is 3.84. The molecule has 106 valence electrons. The minimum Gasteiger partial charge on any atom is -0.367 e. The predicted molar refractivity (Wildman–Crippen MR) is 77.8 cm³/mol. The van der Waals surface area contributed by atoms with Gasteiger partial charge in [-0.3, -0.25) is 0 Å². The van der Waals surface area contributed by atoms with Gasteiger partial charge in [0.1, 0.15) is 23.3 Å². The van der Waals surface area contributed by atoms with Crippen molar-refractivity contribution in [2.24, 2.45) is 5.84 Å². The number of nitrogens with two attached hydrogens (primary N) is 1. The van der Waals surface area contributed by atoms with Crippen LogP contribution in [0.25, 0.3) is 0 Å². The molecule has 2 aromatic rings. The van der Waals surface area contributed by atoms with E-state index >= 15 is 0 Å². The van der Waals surface area contributed by atoms with Gasteiger partial charge in [-0.2, -0.15) is 0 Å². The second kappa shape index (κ2) is 6.29. The van der Waals surface area contributed by atoms with Gasteiger partial charge in [0.2, 0.25) is 0 Å². The molecule has 4 N–H and O–H groups in total. The van der Waals surface area contributed by atoms with Crippen LogP contribution in [0, 0.1) is 12.7 Å². The number of aromatic nitrogens is 2. The number of rotatable bonds is 5. The normalized spacial score (nSPS) is 12.0. The first-order valence-electron chi connectivity index (χ1n) is 6.40. The van der Waals surface area contributed by atoms with E-state index in [0.717, 1.165) is 12.0 Å². The molecule has 1 aromatic heterocycles. The molecule has 0 aliphatic carbocycles. The lowest BCUT2D eigenvalue weighted by molar-refractivity contribution is 0.626. The second-order valence-corrected chi connectivity index (χ2v) is 4.71. The fraction of sp³-hybridized carbons (Fsp3) is 0.286. The Morgan fingerprint density at radius 2 is 1.85 bits per heavy atom. The van der Waals surface area contributed by atoms with E-state index in [1.807, 2.05) is 6.92 Å². The smallest absolute Gasteiger partial charge is 0.145 e. The molecule has 0 radical (unpaired) electrons. The fourth-order valence-corrected chi connectivity index (χ4v) is 1.99. The number of nitrogens with one attached hydrogen (secondary N) is 2. The third-order valence-corrected chi connectivity index (χ3v) is 2.84. The van der Waals surface area contributed by atoms with E-state index < -0.39 is 0 Å². The highest BCUT2D eigenvalue weighted by Crippen LogP contribution is 2.13. The van der Waals surface area contributed by atoms with Gasteiger partial charge < -0.3 is 10.7 Å². The van der Waals surface area contributed by atoms with E-state index in [0.29, 0.717) is 17.5 Å². The van der Waals surface area contributed by atoms with Crippen LogP contribution < -0.4 is 16.6 Å². The lowest BCUT2D eigenvalue weighted by Crippen LogP contribution is -2.20. The Bertz CT molecular complexity index is 570. The number of halogens is 1. The summed E-state index contributed by atoms with van der Waals surface area (Å²) in [6.07, 6.45) is 0.773. The summed E-state index contributed by atoms with van der Waals surface area (Å²) in [7, 11) is 0. The molecule has 1 aromatic carbocycles. The van der Waals surface area contributed by atoms with Crippen molar-refractivity contribution in [3.63, 3.8) is 0 Å². The molecular weight excluding hydrogens is 257 g/mol. The van der Waals surface area contributed by atoms with Gasteiger partial charge in [-0.25, -0.2) is 20.2 Å². The molecule has 5 nitrogen and oxygen atoms in total. The number of hydrogen-bond donors (Lipinski definition) is 3. The van der Waals surface area contributed by atoms with Gasteiger partial charge in [0.25, 0.3) is 0 Å². The van der Waals surface area contributed by atoms with E-state index in [9.17, 15) is 4.39 Å². The van der Waals surface area contributed by atoms with Crippen molar-refractivity contribution >= 4 is 11.6 Å². The third-order valence-electron chi connectivity index (χ3n) is 2.84. The summed E-state index contributed by atoms with van der Waals surface area (Å²) in [4.78, 5) is 8.42. The maximum atomic E-state index is 12.8. The molecule has 0 fully saturated rings. The number of hydrogen-bond acceptors (Lipinski definition) is 5. The first kappa shape index (κ1) is 14.2. The molecule has 1 unspecified atom stereocenters. The lowest BCUT2D eigenvalue weighted by atomic mass is 10.1. The molecule has 0 aliphatic heterocycles. The van der Waals surface area contributed by atoms with Crippen LogP contribution in [0.3, 0.4) is 0 Å². The van der Waals surface area contributed by atoms with Crippen molar-refractivity contribution < 1.29 is 4.39 Å². The number of benzene rings is 1. The van der Waals surface area contributed by atoms with Gasteiger partial charge in [0.05, 0.1) is 0 Å². The van der Waals surface area contributed by atoms with E-state index in [4.69, 9.17) is 5.84 Å². The van der Waals surface area contributed by atoms with Crippen molar-refractivity contribution in [1.82, 2.24) is 9.97 Å². The molecule has 1 atom stereocenters. The molecule has 0 saturated carbocycles.